The van der Waals surface area contributed by atoms with Crippen LogP contribution in [0.2, 0.25) is 0 Å². The first-order valence-corrected chi connectivity index (χ1v) is 5.24. The van der Waals surface area contributed by atoms with E-state index in [2.05, 4.69) is 0 Å². The molecule has 0 unspecified atom stereocenters. The molecule has 17 heavy (non-hydrogen) atoms. The Morgan fingerprint density at radius 2 is 2.12 bits per heavy atom. The van der Waals surface area contributed by atoms with Crippen LogP contribution in [0.25, 0.3) is 0 Å². The summed E-state index contributed by atoms with van der Waals surface area (Å²) in [7, 11) is 1.59. The third-order valence-corrected chi connectivity index (χ3v) is 2.44. The number of hydrogen-bond acceptors (Lipinski definition) is 4. The van der Waals surface area contributed by atoms with Gasteiger partial charge in [0, 0.05) is 12.6 Å². The molecule has 1 aromatic carbocycles. The average Bonchev–Trinajstić information content (AvgIpc) is 2.37. The van der Waals surface area contributed by atoms with Crippen LogP contribution in [-0.4, -0.2) is 37.6 Å². The Morgan fingerprint density at radius 3 is 2.82 bits per heavy atom. The second kappa shape index (κ2) is 4.74. The van der Waals surface area contributed by atoms with Gasteiger partial charge in [0.05, 0.1) is 6.07 Å². The van der Waals surface area contributed by atoms with E-state index in [1.54, 1.807) is 25.2 Å². The van der Waals surface area contributed by atoms with Crippen molar-refractivity contribution >= 4 is 5.91 Å². The molecule has 2 rings (SSSR count). The highest BCUT2D eigenvalue weighted by Crippen LogP contribution is 2.30. The largest absolute Gasteiger partial charge is 0.486 e. The summed E-state index contributed by atoms with van der Waals surface area (Å²) >= 11 is 0. The van der Waals surface area contributed by atoms with Gasteiger partial charge in [-0.2, -0.15) is 5.26 Å². The van der Waals surface area contributed by atoms with Crippen molar-refractivity contribution < 1.29 is 14.3 Å². The van der Waals surface area contributed by atoms with Crippen LogP contribution in [0.3, 0.4) is 0 Å². The smallest absolute Gasteiger partial charge is 0.254 e. The van der Waals surface area contributed by atoms with Gasteiger partial charge in [0.15, 0.2) is 11.5 Å². The molecule has 1 heterocycles. The van der Waals surface area contributed by atoms with Gasteiger partial charge < -0.3 is 14.4 Å². The van der Waals surface area contributed by atoms with Crippen LogP contribution < -0.4 is 9.47 Å². The minimum atomic E-state index is -0.205. The van der Waals surface area contributed by atoms with Crippen molar-refractivity contribution in [3.05, 3.63) is 23.8 Å². The van der Waals surface area contributed by atoms with E-state index in [4.69, 9.17) is 14.7 Å². The molecule has 1 aliphatic rings. The van der Waals surface area contributed by atoms with Crippen molar-refractivity contribution in [1.82, 2.24) is 4.90 Å². The summed E-state index contributed by atoms with van der Waals surface area (Å²) in [6, 6.07) is 6.95. The number of amides is 1. The SMILES string of the molecule is CN(CC#N)C(=O)c1ccc2c(c1)OCCO2. The standard InChI is InChI=1S/C12H12N2O3/c1-14(5-4-13)12(15)9-2-3-10-11(8-9)17-7-6-16-10/h2-3,8H,5-7H2,1H3. The third kappa shape index (κ3) is 2.31. The summed E-state index contributed by atoms with van der Waals surface area (Å²) in [6.45, 7) is 1.07. The van der Waals surface area contributed by atoms with E-state index in [1.807, 2.05) is 6.07 Å². The van der Waals surface area contributed by atoms with Crippen LogP contribution in [0.4, 0.5) is 0 Å². The van der Waals surface area contributed by atoms with Crippen LogP contribution in [0.15, 0.2) is 18.2 Å². The zero-order valence-corrected chi connectivity index (χ0v) is 9.47. The predicted octanol–water partition coefficient (Wildman–Crippen LogP) is 1.05. The number of nitriles is 1. The number of hydrogen-bond donors (Lipinski definition) is 0. The number of carbonyl (C=O) groups is 1. The first-order chi connectivity index (χ1) is 8.22. The van der Waals surface area contributed by atoms with Crippen LogP contribution >= 0.6 is 0 Å². The highest BCUT2D eigenvalue weighted by molar-refractivity contribution is 5.94. The maximum atomic E-state index is 11.9. The molecule has 1 aliphatic heterocycles. The second-order valence-corrected chi connectivity index (χ2v) is 3.68. The number of benzene rings is 1. The lowest BCUT2D eigenvalue weighted by Crippen LogP contribution is -2.27. The van der Waals surface area contributed by atoms with Gasteiger partial charge in [0.25, 0.3) is 5.91 Å². The van der Waals surface area contributed by atoms with Crippen LogP contribution in [0.5, 0.6) is 11.5 Å². The molecule has 0 spiro atoms. The second-order valence-electron chi connectivity index (χ2n) is 3.68. The monoisotopic (exact) mass is 232 g/mol. The minimum absolute atomic E-state index is 0.0628. The summed E-state index contributed by atoms with van der Waals surface area (Å²) in [5.74, 6) is 1.02. The molecule has 0 N–H and O–H groups in total. The average molecular weight is 232 g/mol. The lowest BCUT2D eigenvalue weighted by molar-refractivity contribution is 0.0811. The zero-order chi connectivity index (χ0) is 12.3. The van der Waals surface area contributed by atoms with Gasteiger partial charge in [-0.1, -0.05) is 0 Å². The molecule has 0 bridgehead atoms. The van der Waals surface area contributed by atoms with Crippen molar-refractivity contribution in [2.24, 2.45) is 0 Å². The van der Waals surface area contributed by atoms with Crippen molar-refractivity contribution in [1.29, 1.82) is 5.26 Å². The number of nitrogens with zero attached hydrogens (tertiary/aromatic N) is 2. The Kier molecular flexibility index (Phi) is 3.15. The molecule has 0 aromatic heterocycles. The Morgan fingerprint density at radius 1 is 1.41 bits per heavy atom. The fourth-order valence-corrected chi connectivity index (χ4v) is 1.57. The number of rotatable bonds is 2. The maximum absolute atomic E-state index is 11.9. The van der Waals surface area contributed by atoms with Crippen molar-refractivity contribution in [2.75, 3.05) is 26.8 Å². The number of fused-ring (bicyclic) bond motifs is 1. The predicted molar refractivity (Wildman–Crippen MR) is 60.0 cm³/mol. The molecule has 5 heteroatoms. The molecule has 88 valence electrons. The summed E-state index contributed by atoms with van der Waals surface area (Å²) in [5, 5.41) is 8.54. The lowest BCUT2D eigenvalue weighted by atomic mass is 10.1. The van der Waals surface area contributed by atoms with Crippen molar-refractivity contribution in [3.63, 3.8) is 0 Å². The molecule has 1 aromatic rings. The van der Waals surface area contributed by atoms with E-state index in [0.29, 0.717) is 30.3 Å². The summed E-state index contributed by atoms with van der Waals surface area (Å²) in [4.78, 5) is 13.3. The summed E-state index contributed by atoms with van der Waals surface area (Å²) < 4.78 is 10.8. The Labute approximate surface area is 99.2 Å². The fraction of sp³-hybridized carbons (Fsp3) is 0.333. The van der Waals surface area contributed by atoms with Gasteiger partial charge in [0.1, 0.15) is 19.8 Å². The van der Waals surface area contributed by atoms with Gasteiger partial charge in [-0.15, -0.1) is 0 Å². The summed E-state index contributed by atoms with van der Waals surface area (Å²) in [6.07, 6.45) is 0. The van der Waals surface area contributed by atoms with Gasteiger partial charge in [-0.3, -0.25) is 4.79 Å². The van der Waals surface area contributed by atoms with E-state index in [-0.39, 0.29) is 12.5 Å². The van der Waals surface area contributed by atoms with Crippen LogP contribution in [0, 0.1) is 11.3 Å². The highest BCUT2D eigenvalue weighted by Gasteiger charge is 2.16. The van der Waals surface area contributed by atoms with Crippen molar-refractivity contribution in [2.45, 2.75) is 0 Å². The van der Waals surface area contributed by atoms with E-state index < -0.39 is 0 Å². The molecular weight excluding hydrogens is 220 g/mol. The molecule has 0 saturated carbocycles. The first kappa shape index (κ1) is 11.3. The van der Waals surface area contributed by atoms with Crippen molar-refractivity contribution in [3.8, 4) is 17.6 Å². The molecule has 1 amide bonds. The van der Waals surface area contributed by atoms with Gasteiger partial charge >= 0.3 is 0 Å². The number of carbonyl (C=O) groups excluding carboxylic acids is 1. The topological polar surface area (TPSA) is 62.6 Å². The fourth-order valence-electron chi connectivity index (χ4n) is 1.57. The van der Waals surface area contributed by atoms with E-state index >= 15 is 0 Å². The van der Waals surface area contributed by atoms with Gasteiger partial charge in [-0.25, -0.2) is 0 Å². The molecule has 0 fully saturated rings. The van der Waals surface area contributed by atoms with E-state index in [9.17, 15) is 4.79 Å². The molecule has 0 radical (unpaired) electrons. The van der Waals surface area contributed by atoms with Gasteiger partial charge in [0.2, 0.25) is 0 Å². The molecule has 0 saturated heterocycles. The maximum Gasteiger partial charge on any atom is 0.254 e. The van der Waals surface area contributed by atoms with E-state index in [1.165, 1.54) is 4.90 Å². The Hall–Kier alpha value is -2.22. The zero-order valence-electron chi connectivity index (χ0n) is 9.47. The quantitative estimate of drug-likeness (QED) is 0.715. The normalized spacial score (nSPS) is 12.7. The summed E-state index contributed by atoms with van der Waals surface area (Å²) in [5.41, 5.74) is 0.493. The highest BCUT2D eigenvalue weighted by atomic mass is 16.6. The molecular formula is C12H12N2O3. The van der Waals surface area contributed by atoms with Crippen LogP contribution in [-0.2, 0) is 0 Å². The molecule has 0 atom stereocenters. The number of ether oxygens (including phenoxy) is 2. The molecule has 0 aliphatic carbocycles. The Balaban J connectivity index is 2.22. The molecule has 5 nitrogen and oxygen atoms in total. The van der Waals surface area contributed by atoms with E-state index in [0.717, 1.165) is 0 Å². The Bertz CT molecular complexity index is 479. The third-order valence-electron chi connectivity index (χ3n) is 2.44. The van der Waals surface area contributed by atoms with Gasteiger partial charge in [-0.05, 0) is 18.2 Å². The first-order valence-electron chi connectivity index (χ1n) is 5.24. The van der Waals surface area contributed by atoms with Crippen LogP contribution in [0.1, 0.15) is 10.4 Å². The lowest BCUT2D eigenvalue weighted by Gasteiger charge is -2.19. The minimum Gasteiger partial charge on any atom is -0.486 e.